The highest BCUT2D eigenvalue weighted by Gasteiger charge is 2.08. The molecule has 0 bridgehead atoms. The maximum Gasteiger partial charge on any atom is 0.338 e. The monoisotopic (exact) mass is 351 g/mol. The van der Waals surface area contributed by atoms with E-state index < -0.39 is 0 Å². The fraction of sp³-hybridized carbons (Fsp3) is 0.556. The van der Waals surface area contributed by atoms with Crippen molar-refractivity contribution in [2.45, 2.75) is 27.7 Å². The molecule has 0 amide bonds. The number of carbonyl (C=O) groups excluding carboxylic acids is 1. The third-order valence-corrected chi connectivity index (χ3v) is 3.83. The van der Waals surface area contributed by atoms with Crippen LogP contribution in [0, 0.1) is 5.92 Å². The van der Waals surface area contributed by atoms with E-state index in [1.165, 1.54) is 0 Å². The molecule has 0 saturated heterocycles. The van der Waals surface area contributed by atoms with E-state index in [1.807, 2.05) is 12.1 Å². The summed E-state index contributed by atoms with van der Waals surface area (Å²) in [6.07, 6.45) is 0. The fourth-order valence-corrected chi connectivity index (χ4v) is 2.25. The van der Waals surface area contributed by atoms with Crippen molar-refractivity contribution >= 4 is 29.0 Å². The van der Waals surface area contributed by atoms with Crippen molar-refractivity contribution in [3.63, 3.8) is 0 Å². The van der Waals surface area contributed by atoms with Gasteiger partial charge in [-0.3, -0.25) is 0 Å². The third-order valence-electron chi connectivity index (χ3n) is 3.58. The lowest BCUT2D eigenvalue weighted by Gasteiger charge is -2.17. The number of likely N-dealkylation sites (N-methyl/N-ethyl adjacent to an activating group) is 1. The summed E-state index contributed by atoms with van der Waals surface area (Å²) in [5.74, 6) is 0.229. The molecule has 0 spiro atoms. The number of hydrogen-bond donors (Lipinski definition) is 2. The predicted octanol–water partition coefficient (Wildman–Crippen LogP) is 3.13. The molecule has 134 valence electrons. The molecule has 0 heterocycles. The average molecular weight is 352 g/mol. The van der Waals surface area contributed by atoms with Crippen LogP contribution in [-0.2, 0) is 4.74 Å². The molecule has 0 saturated carbocycles. The van der Waals surface area contributed by atoms with Crippen molar-refractivity contribution in [3.05, 3.63) is 29.8 Å². The number of rotatable bonds is 9. The van der Waals surface area contributed by atoms with Crippen LogP contribution in [0.25, 0.3) is 0 Å². The van der Waals surface area contributed by atoms with Gasteiger partial charge in [-0.2, -0.15) is 0 Å². The molecular weight excluding hydrogens is 322 g/mol. The molecule has 1 rings (SSSR count). The Morgan fingerprint density at radius 2 is 1.83 bits per heavy atom. The zero-order chi connectivity index (χ0) is 17.9. The Balaban J connectivity index is 2.43. The quantitative estimate of drug-likeness (QED) is 0.527. The molecule has 0 aliphatic heterocycles. The van der Waals surface area contributed by atoms with E-state index in [4.69, 9.17) is 17.0 Å². The minimum atomic E-state index is -0.297. The molecule has 2 N–H and O–H groups in total. The van der Waals surface area contributed by atoms with Gasteiger partial charge in [-0.05, 0) is 55.5 Å². The Labute approximate surface area is 150 Å². The standard InChI is InChI=1S/C18H29N3O2S/c1-5-21(6-2)11-12-23-17(22)15-7-9-16(10-8-15)20-18(24)19-13-14(3)4/h7-10,14H,5-6,11-13H2,1-4H3,(H2,19,20,24). The lowest BCUT2D eigenvalue weighted by Crippen LogP contribution is -2.31. The van der Waals surface area contributed by atoms with E-state index in [2.05, 4.69) is 43.2 Å². The predicted molar refractivity (Wildman–Crippen MR) is 104 cm³/mol. The van der Waals surface area contributed by atoms with Gasteiger partial charge in [0, 0.05) is 18.8 Å². The number of nitrogens with zero attached hydrogens (tertiary/aromatic N) is 1. The largest absolute Gasteiger partial charge is 0.461 e. The number of thiocarbonyl (C=S) groups is 1. The highest BCUT2D eigenvalue weighted by atomic mass is 32.1. The van der Waals surface area contributed by atoms with Gasteiger partial charge in [0.05, 0.1) is 5.56 Å². The lowest BCUT2D eigenvalue weighted by atomic mass is 10.2. The third kappa shape index (κ3) is 7.75. The van der Waals surface area contributed by atoms with E-state index in [0.717, 1.165) is 31.9 Å². The molecule has 0 unspecified atom stereocenters. The highest BCUT2D eigenvalue weighted by molar-refractivity contribution is 7.80. The molecule has 0 aliphatic rings. The van der Waals surface area contributed by atoms with Crippen LogP contribution in [0.3, 0.4) is 0 Å². The first-order chi connectivity index (χ1) is 11.5. The Morgan fingerprint density at radius 3 is 2.38 bits per heavy atom. The average Bonchev–Trinajstić information content (AvgIpc) is 2.57. The summed E-state index contributed by atoms with van der Waals surface area (Å²) in [5, 5.41) is 6.82. The number of hydrogen-bond acceptors (Lipinski definition) is 4. The topological polar surface area (TPSA) is 53.6 Å². The van der Waals surface area contributed by atoms with Crippen molar-refractivity contribution in [2.24, 2.45) is 5.92 Å². The highest BCUT2D eigenvalue weighted by Crippen LogP contribution is 2.10. The van der Waals surface area contributed by atoms with Gasteiger partial charge in [0.15, 0.2) is 5.11 Å². The van der Waals surface area contributed by atoms with Gasteiger partial charge >= 0.3 is 5.97 Å². The molecule has 6 heteroatoms. The fourth-order valence-electron chi connectivity index (χ4n) is 2.05. The molecule has 0 aliphatic carbocycles. The van der Waals surface area contributed by atoms with Gasteiger partial charge < -0.3 is 20.3 Å². The van der Waals surface area contributed by atoms with Crippen LogP contribution < -0.4 is 10.6 Å². The zero-order valence-corrected chi connectivity index (χ0v) is 15.9. The molecular formula is C18H29N3O2S. The van der Waals surface area contributed by atoms with Crippen molar-refractivity contribution in [2.75, 3.05) is 38.1 Å². The normalized spacial score (nSPS) is 10.8. The first-order valence-corrected chi connectivity index (χ1v) is 8.91. The van der Waals surface area contributed by atoms with Crippen LogP contribution in [0.2, 0.25) is 0 Å². The van der Waals surface area contributed by atoms with Crippen molar-refractivity contribution < 1.29 is 9.53 Å². The maximum absolute atomic E-state index is 12.0. The summed E-state index contributed by atoms with van der Waals surface area (Å²) < 4.78 is 5.31. The van der Waals surface area contributed by atoms with Gasteiger partial charge in [-0.15, -0.1) is 0 Å². The van der Waals surface area contributed by atoms with Crippen molar-refractivity contribution in [1.29, 1.82) is 0 Å². The second kappa shape index (κ2) is 11.0. The summed E-state index contributed by atoms with van der Waals surface area (Å²) in [6, 6.07) is 7.13. The van der Waals surface area contributed by atoms with E-state index in [9.17, 15) is 4.79 Å². The van der Waals surface area contributed by atoms with E-state index >= 15 is 0 Å². The minimum absolute atomic E-state index is 0.297. The number of anilines is 1. The minimum Gasteiger partial charge on any atom is -0.461 e. The van der Waals surface area contributed by atoms with Gasteiger partial charge in [-0.25, -0.2) is 4.79 Å². The van der Waals surface area contributed by atoms with Gasteiger partial charge in [0.25, 0.3) is 0 Å². The lowest BCUT2D eigenvalue weighted by molar-refractivity contribution is 0.0466. The Kier molecular flexibility index (Phi) is 9.34. The van der Waals surface area contributed by atoms with Crippen LogP contribution >= 0.6 is 12.2 Å². The second-order valence-corrected chi connectivity index (χ2v) is 6.38. The van der Waals surface area contributed by atoms with Gasteiger partial charge in [-0.1, -0.05) is 27.7 Å². The maximum atomic E-state index is 12.0. The molecule has 24 heavy (non-hydrogen) atoms. The summed E-state index contributed by atoms with van der Waals surface area (Å²) in [5.41, 5.74) is 1.39. The van der Waals surface area contributed by atoms with Crippen LogP contribution in [0.1, 0.15) is 38.1 Å². The Hall–Kier alpha value is -1.66. The smallest absolute Gasteiger partial charge is 0.338 e. The number of benzene rings is 1. The van der Waals surface area contributed by atoms with Crippen molar-refractivity contribution in [1.82, 2.24) is 10.2 Å². The zero-order valence-electron chi connectivity index (χ0n) is 15.1. The van der Waals surface area contributed by atoms with Crippen LogP contribution in [0.4, 0.5) is 5.69 Å². The first-order valence-electron chi connectivity index (χ1n) is 8.50. The number of carbonyl (C=O) groups is 1. The summed E-state index contributed by atoms with van der Waals surface area (Å²) >= 11 is 5.22. The summed E-state index contributed by atoms with van der Waals surface area (Å²) in [6.45, 7) is 12.3. The molecule has 0 fully saturated rings. The SMILES string of the molecule is CCN(CC)CCOC(=O)c1ccc(NC(=S)NCC(C)C)cc1. The first kappa shape index (κ1) is 20.4. The number of ether oxygens (including phenoxy) is 1. The van der Waals surface area contributed by atoms with Gasteiger partial charge in [0.2, 0.25) is 0 Å². The van der Waals surface area contributed by atoms with E-state index in [-0.39, 0.29) is 5.97 Å². The molecule has 1 aromatic carbocycles. The number of nitrogens with one attached hydrogen (secondary N) is 2. The number of esters is 1. The molecule has 1 aromatic rings. The Bertz CT molecular complexity index is 514. The molecule has 0 aromatic heterocycles. The summed E-state index contributed by atoms with van der Waals surface area (Å²) in [7, 11) is 0. The molecule has 0 radical (unpaired) electrons. The van der Waals surface area contributed by atoms with Crippen molar-refractivity contribution in [3.8, 4) is 0 Å². The summed E-state index contributed by atoms with van der Waals surface area (Å²) in [4.78, 5) is 14.2. The Morgan fingerprint density at radius 1 is 1.21 bits per heavy atom. The van der Waals surface area contributed by atoms with E-state index in [0.29, 0.717) is 23.2 Å². The van der Waals surface area contributed by atoms with Crippen LogP contribution in [0.15, 0.2) is 24.3 Å². The van der Waals surface area contributed by atoms with Crippen LogP contribution in [-0.4, -0.2) is 48.8 Å². The van der Waals surface area contributed by atoms with Gasteiger partial charge in [0.1, 0.15) is 6.61 Å². The molecule has 0 atom stereocenters. The molecule has 5 nitrogen and oxygen atoms in total. The van der Waals surface area contributed by atoms with Crippen LogP contribution in [0.5, 0.6) is 0 Å². The second-order valence-electron chi connectivity index (χ2n) is 5.97. The van der Waals surface area contributed by atoms with E-state index in [1.54, 1.807) is 12.1 Å².